The first-order chi connectivity index (χ1) is 5.02. The van der Waals surface area contributed by atoms with Crippen LogP contribution in [0.2, 0.25) is 0 Å². The monoisotopic (exact) mass is 156 g/mol. The van der Waals surface area contributed by atoms with E-state index in [1.54, 1.807) is 6.92 Å². The Hall–Kier alpha value is -0.570. The van der Waals surface area contributed by atoms with Gasteiger partial charge in [-0.2, -0.15) is 0 Å². The molecule has 4 atom stereocenters. The quantitative estimate of drug-likeness (QED) is 0.514. The van der Waals surface area contributed by atoms with Crippen LogP contribution in [0.3, 0.4) is 0 Å². The molecule has 11 heavy (non-hydrogen) atoms. The van der Waals surface area contributed by atoms with E-state index in [0.29, 0.717) is 6.42 Å². The molecule has 1 heterocycles. The van der Waals surface area contributed by atoms with Crippen LogP contribution in [-0.2, 0) is 9.53 Å². The normalized spacial score (nSPS) is 54.8. The van der Waals surface area contributed by atoms with Crippen LogP contribution in [0.15, 0.2) is 0 Å². The molecule has 1 aliphatic heterocycles. The predicted molar refractivity (Wildman–Crippen MR) is 37.8 cm³/mol. The lowest BCUT2D eigenvalue weighted by Crippen LogP contribution is -2.43. The van der Waals surface area contributed by atoms with Gasteiger partial charge in [-0.25, -0.2) is 0 Å². The summed E-state index contributed by atoms with van der Waals surface area (Å²) in [7, 11) is 0. The molecule has 1 saturated carbocycles. The third-order valence-electron chi connectivity index (χ3n) is 3.07. The van der Waals surface area contributed by atoms with Crippen LogP contribution in [0.5, 0.6) is 0 Å². The van der Waals surface area contributed by atoms with Crippen LogP contribution in [-0.4, -0.2) is 22.8 Å². The topological polar surface area (TPSA) is 46.5 Å². The number of aliphatic hydroxyl groups is 1. The molecule has 2 fully saturated rings. The summed E-state index contributed by atoms with van der Waals surface area (Å²) in [4.78, 5) is 10.9. The highest BCUT2D eigenvalue weighted by Crippen LogP contribution is 2.47. The Balaban J connectivity index is 2.22. The van der Waals surface area contributed by atoms with Crippen molar-refractivity contribution in [3.8, 4) is 0 Å². The highest BCUT2D eigenvalue weighted by molar-refractivity contribution is 5.79. The van der Waals surface area contributed by atoms with Crippen molar-refractivity contribution in [2.45, 2.75) is 32.0 Å². The summed E-state index contributed by atoms with van der Waals surface area (Å²) < 4.78 is 4.87. The summed E-state index contributed by atoms with van der Waals surface area (Å²) in [6, 6.07) is 0. The lowest BCUT2D eigenvalue weighted by Gasteiger charge is -2.31. The van der Waals surface area contributed by atoms with Crippen LogP contribution >= 0.6 is 0 Å². The zero-order valence-corrected chi connectivity index (χ0v) is 6.70. The molecular formula is C8H12O3. The Labute approximate surface area is 65.4 Å². The second-order valence-electron chi connectivity index (χ2n) is 3.85. The first kappa shape index (κ1) is 7.10. The minimum absolute atomic E-state index is 0.00694. The molecule has 1 saturated heterocycles. The molecule has 3 nitrogen and oxygen atoms in total. The molecule has 2 rings (SSSR count). The largest absolute Gasteiger partial charge is 0.461 e. The Kier molecular flexibility index (Phi) is 1.15. The summed E-state index contributed by atoms with van der Waals surface area (Å²) in [6.07, 6.45) is 0.595. The maximum absolute atomic E-state index is 10.9. The maximum atomic E-state index is 10.9. The average Bonchev–Trinajstić information content (AvgIpc) is 2.01. The van der Waals surface area contributed by atoms with E-state index in [9.17, 15) is 9.90 Å². The van der Waals surface area contributed by atoms with Crippen molar-refractivity contribution in [2.24, 2.45) is 11.8 Å². The fraction of sp³-hybridized carbons (Fsp3) is 0.875. The molecule has 0 spiro atoms. The lowest BCUT2D eigenvalue weighted by atomic mass is 9.87. The van der Waals surface area contributed by atoms with Crippen LogP contribution in [0, 0.1) is 11.8 Å². The molecule has 1 N–H and O–H groups in total. The molecule has 0 radical (unpaired) electrons. The van der Waals surface area contributed by atoms with Gasteiger partial charge in [0.25, 0.3) is 0 Å². The van der Waals surface area contributed by atoms with E-state index >= 15 is 0 Å². The van der Waals surface area contributed by atoms with Crippen LogP contribution in [0.4, 0.5) is 0 Å². The molecule has 0 unspecified atom stereocenters. The van der Waals surface area contributed by atoms with Crippen molar-refractivity contribution in [3.05, 3.63) is 0 Å². The Morgan fingerprint density at radius 2 is 2.36 bits per heavy atom. The Morgan fingerprint density at radius 1 is 1.73 bits per heavy atom. The number of carbonyl (C=O) groups excluding carboxylic acids is 1. The van der Waals surface area contributed by atoms with Gasteiger partial charge in [0.15, 0.2) is 0 Å². The van der Waals surface area contributed by atoms with Gasteiger partial charge in [-0.3, -0.25) is 4.79 Å². The Morgan fingerprint density at radius 3 is 2.73 bits per heavy atom. The molecule has 0 aromatic carbocycles. The van der Waals surface area contributed by atoms with Gasteiger partial charge in [0.2, 0.25) is 0 Å². The number of ether oxygens (including phenoxy) is 1. The molecule has 0 aromatic heterocycles. The molecule has 0 amide bonds. The summed E-state index contributed by atoms with van der Waals surface area (Å²) in [5, 5.41) is 9.73. The van der Waals surface area contributed by atoms with E-state index in [2.05, 4.69) is 0 Å². The van der Waals surface area contributed by atoms with Gasteiger partial charge in [0.05, 0.1) is 11.5 Å². The molecule has 0 aromatic rings. The van der Waals surface area contributed by atoms with E-state index in [1.807, 2.05) is 6.92 Å². The number of carbonyl (C=O) groups is 1. The summed E-state index contributed by atoms with van der Waals surface area (Å²) in [5.74, 6) is -0.126. The average molecular weight is 156 g/mol. The second-order valence-corrected chi connectivity index (χ2v) is 3.85. The second kappa shape index (κ2) is 1.78. The fourth-order valence-corrected chi connectivity index (χ4v) is 2.06. The molecular weight excluding hydrogens is 144 g/mol. The molecule has 2 aliphatic rings. The summed E-state index contributed by atoms with van der Waals surface area (Å²) in [6.45, 7) is 3.68. The summed E-state index contributed by atoms with van der Waals surface area (Å²) >= 11 is 0. The lowest BCUT2D eigenvalue weighted by molar-refractivity contribution is -0.182. The van der Waals surface area contributed by atoms with Crippen LogP contribution in [0.1, 0.15) is 20.3 Å². The van der Waals surface area contributed by atoms with Gasteiger partial charge >= 0.3 is 5.97 Å². The van der Waals surface area contributed by atoms with Gasteiger partial charge in [0.1, 0.15) is 6.10 Å². The first-order valence-electron chi connectivity index (χ1n) is 3.95. The fourth-order valence-electron chi connectivity index (χ4n) is 2.06. The number of hydrogen-bond donors (Lipinski definition) is 1. The number of hydrogen-bond acceptors (Lipinski definition) is 3. The van der Waals surface area contributed by atoms with Crippen LogP contribution < -0.4 is 0 Å². The minimum atomic E-state index is -0.707. The van der Waals surface area contributed by atoms with Gasteiger partial charge in [-0.05, 0) is 6.92 Å². The molecule has 0 bridgehead atoms. The smallest absolute Gasteiger partial charge is 0.313 e. The van der Waals surface area contributed by atoms with E-state index in [1.165, 1.54) is 0 Å². The zero-order valence-electron chi connectivity index (χ0n) is 6.70. The minimum Gasteiger partial charge on any atom is -0.461 e. The highest BCUT2D eigenvalue weighted by Gasteiger charge is 2.59. The number of esters is 1. The molecule has 1 aliphatic carbocycles. The first-order valence-corrected chi connectivity index (χ1v) is 3.95. The maximum Gasteiger partial charge on any atom is 0.313 e. The van der Waals surface area contributed by atoms with Gasteiger partial charge in [-0.1, -0.05) is 6.92 Å². The molecule has 62 valence electrons. The standard InChI is InChI=1S/C8H12O3/c1-4-6-5(11-7(6)9)3-8(4,2)10/h4-6,10H,3H2,1-2H3/t4-,5-,6+,8+/m0/s1. The summed E-state index contributed by atoms with van der Waals surface area (Å²) in [5.41, 5.74) is -0.707. The van der Waals surface area contributed by atoms with Gasteiger partial charge in [0, 0.05) is 12.3 Å². The molecule has 3 heteroatoms. The number of rotatable bonds is 0. The van der Waals surface area contributed by atoms with Crippen LogP contribution in [0.25, 0.3) is 0 Å². The van der Waals surface area contributed by atoms with Crippen molar-refractivity contribution in [1.29, 1.82) is 0 Å². The third-order valence-corrected chi connectivity index (χ3v) is 3.07. The predicted octanol–water partition coefficient (Wildman–Crippen LogP) is 0.319. The van der Waals surface area contributed by atoms with Gasteiger partial charge < -0.3 is 9.84 Å². The zero-order chi connectivity index (χ0) is 8.22. The Bertz CT molecular complexity index is 209. The van der Waals surface area contributed by atoms with E-state index in [-0.39, 0.29) is 23.9 Å². The van der Waals surface area contributed by atoms with E-state index < -0.39 is 5.60 Å². The number of fused-ring (bicyclic) bond motifs is 1. The third kappa shape index (κ3) is 0.745. The van der Waals surface area contributed by atoms with Crippen molar-refractivity contribution in [1.82, 2.24) is 0 Å². The highest BCUT2D eigenvalue weighted by atomic mass is 16.6. The van der Waals surface area contributed by atoms with E-state index in [0.717, 1.165) is 0 Å². The van der Waals surface area contributed by atoms with Crippen molar-refractivity contribution in [3.63, 3.8) is 0 Å². The SMILES string of the molecule is C[C@H]1[C@H]2C(=O)O[C@H]2C[C@@]1(C)O. The van der Waals surface area contributed by atoms with Crippen molar-refractivity contribution in [2.75, 3.05) is 0 Å². The van der Waals surface area contributed by atoms with Crippen molar-refractivity contribution >= 4 is 5.97 Å². The van der Waals surface area contributed by atoms with Gasteiger partial charge in [-0.15, -0.1) is 0 Å². The van der Waals surface area contributed by atoms with Crippen molar-refractivity contribution < 1.29 is 14.6 Å². The van der Waals surface area contributed by atoms with E-state index in [4.69, 9.17) is 4.74 Å².